The van der Waals surface area contributed by atoms with Crippen LogP contribution >= 0.6 is 0 Å². The Bertz CT molecular complexity index is 1060. The zero-order valence-electron chi connectivity index (χ0n) is 18.3. The molecule has 2 aliphatic heterocycles. The summed E-state index contributed by atoms with van der Waals surface area (Å²) in [7, 11) is 5.40. The minimum atomic E-state index is -0.727. The minimum Gasteiger partial charge on any atom is -0.507 e. The number of aliphatic hydroxyl groups excluding tert-OH is 1. The van der Waals surface area contributed by atoms with E-state index >= 15 is 0 Å². The predicted octanol–water partition coefficient (Wildman–Crippen LogP) is 2.59. The van der Waals surface area contributed by atoms with Crippen LogP contribution in [0.3, 0.4) is 0 Å². The minimum absolute atomic E-state index is 0.0420. The SMILES string of the molecule is COCCN1C(=O)C(=O)/C(=C(/O)c2ccc3c(c2)OCCO3)[C@H]1c1ccc(N(C)C)cc1. The van der Waals surface area contributed by atoms with E-state index in [9.17, 15) is 14.7 Å². The molecule has 0 aromatic heterocycles. The lowest BCUT2D eigenvalue weighted by Crippen LogP contribution is -2.32. The molecule has 8 nitrogen and oxygen atoms in total. The third-order valence-electron chi connectivity index (χ3n) is 5.62. The number of anilines is 1. The summed E-state index contributed by atoms with van der Waals surface area (Å²) in [6, 6.07) is 11.8. The van der Waals surface area contributed by atoms with Crippen molar-refractivity contribution in [2.24, 2.45) is 0 Å². The van der Waals surface area contributed by atoms with Crippen molar-refractivity contribution < 1.29 is 28.9 Å². The number of methoxy groups -OCH3 is 1. The van der Waals surface area contributed by atoms with Crippen LogP contribution in [-0.4, -0.2) is 69.3 Å². The average molecular weight is 438 g/mol. The molecule has 0 radical (unpaired) electrons. The average Bonchev–Trinajstić information content (AvgIpc) is 3.06. The van der Waals surface area contributed by atoms with E-state index in [0.29, 0.717) is 30.3 Å². The zero-order valence-corrected chi connectivity index (χ0v) is 18.3. The lowest BCUT2D eigenvalue weighted by Gasteiger charge is -2.25. The third-order valence-corrected chi connectivity index (χ3v) is 5.62. The van der Waals surface area contributed by atoms with Crippen molar-refractivity contribution in [1.82, 2.24) is 4.90 Å². The number of fused-ring (bicyclic) bond motifs is 1. The number of aliphatic hydroxyl groups is 1. The van der Waals surface area contributed by atoms with E-state index in [1.165, 1.54) is 12.0 Å². The van der Waals surface area contributed by atoms with Gasteiger partial charge in [0.15, 0.2) is 11.5 Å². The van der Waals surface area contributed by atoms with Gasteiger partial charge in [-0.2, -0.15) is 0 Å². The number of Topliss-reactive ketones (excluding diaryl/α,β-unsaturated/α-hetero) is 1. The van der Waals surface area contributed by atoms with Crippen molar-refractivity contribution in [1.29, 1.82) is 0 Å². The summed E-state index contributed by atoms with van der Waals surface area (Å²) < 4.78 is 16.3. The smallest absolute Gasteiger partial charge is 0.295 e. The summed E-state index contributed by atoms with van der Waals surface area (Å²) in [5, 5.41) is 11.2. The molecule has 1 saturated heterocycles. The molecule has 0 unspecified atom stereocenters. The predicted molar refractivity (Wildman–Crippen MR) is 119 cm³/mol. The van der Waals surface area contributed by atoms with Crippen LogP contribution in [0.2, 0.25) is 0 Å². The van der Waals surface area contributed by atoms with Crippen LogP contribution in [0.15, 0.2) is 48.0 Å². The van der Waals surface area contributed by atoms with Gasteiger partial charge in [0.2, 0.25) is 0 Å². The van der Waals surface area contributed by atoms with Gasteiger partial charge in [0.05, 0.1) is 18.2 Å². The summed E-state index contributed by atoms with van der Waals surface area (Å²) in [6.07, 6.45) is 0. The third kappa shape index (κ3) is 3.89. The summed E-state index contributed by atoms with van der Waals surface area (Å²) in [4.78, 5) is 29.3. The first-order valence-corrected chi connectivity index (χ1v) is 10.4. The molecule has 168 valence electrons. The number of likely N-dealkylation sites (tertiary alicyclic amines) is 1. The highest BCUT2D eigenvalue weighted by Crippen LogP contribution is 2.41. The Morgan fingerprint density at radius 1 is 1.09 bits per heavy atom. The Balaban J connectivity index is 1.81. The van der Waals surface area contributed by atoms with Crippen LogP contribution in [0, 0.1) is 0 Å². The number of carbonyl (C=O) groups is 2. The first-order valence-electron chi connectivity index (χ1n) is 10.4. The first-order chi connectivity index (χ1) is 15.4. The number of ether oxygens (including phenoxy) is 3. The van der Waals surface area contributed by atoms with Crippen LogP contribution in [0.25, 0.3) is 5.76 Å². The van der Waals surface area contributed by atoms with Gasteiger partial charge in [-0.1, -0.05) is 12.1 Å². The first kappa shape index (κ1) is 21.7. The fourth-order valence-electron chi connectivity index (χ4n) is 3.95. The van der Waals surface area contributed by atoms with E-state index in [4.69, 9.17) is 14.2 Å². The van der Waals surface area contributed by atoms with Crippen molar-refractivity contribution in [2.45, 2.75) is 6.04 Å². The topological polar surface area (TPSA) is 88.5 Å². The molecule has 2 heterocycles. The molecule has 2 aromatic carbocycles. The second kappa shape index (κ2) is 8.92. The van der Waals surface area contributed by atoms with Gasteiger partial charge < -0.3 is 29.1 Å². The normalized spacial score (nSPS) is 19.3. The number of benzene rings is 2. The van der Waals surface area contributed by atoms with Crippen LogP contribution in [0.5, 0.6) is 11.5 Å². The molecular formula is C24H26N2O6. The molecule has 0 spiro atoms. The Morgan fingerprint density at radius 2 is 1.78 bits per heavy atom. The van der Waals surface area contributed by atoms with Crippen LogP contribution in [-0.2, 0) is 14.3 Å². The fraction of sp³-hybridized carbons (Fsp3) is 0.333. The van der Waals surface area contributed by atoms with Crippen molar-refractivity contribution in [3.05, 3.63) is 59.2 Å². The summed E-state index contributed by atoms with van der Waals surface area (Å²) in [5.41, 5.74) is 2.13. The molecule has 2 aromatic rings. The highest BCUT2D eigenvalue weighted by molar-refractivity contribution is 6.46. The second-order valence-corrected chi connectivity index (χ2v) is 7.83. The van der Waals surface area contributed by atoms with Crippen LogP contribution < -0.4 is 14.4 Å². The summed E-state index contributed by atoms with van der Waals surface area (Å²) in [5.74, 6) is -0.579. The molecule has 0 bridgehead atoms. The summed E-state index contributed by atoms with van der Waals surface area (Å²) in [6.45, 7) is 1.34. The van der Waals surface area contributed by atoms with Crippen LogP contribution in [0.1, 0.15) is 17.2 Å². The van der Waals surface area contributed by atoms with Crippen LogP contribution in [0.4, 0.5) is 5.69 Å². The van der Waals surface area contributed by atoms with E-state index in [-0.39, 0.29) is 24.5 Å². The molecule has 1 N–H and O–H groups in total. The van der Waals surface area contributed by atoms with Crippen molar-refractivity contribution in [3.63, 3.8) is 0 Å². The standard InChI is InChI=1S/C24H26N2O6/c1-25(2)17-7-4-15(5-8-17)21-20(23(28)24(29)26(21)10-11-30-3)22(27)16-6-9-18-19(14-16)32-13-12-31-18/h4-9,14,21,27H,10-13H2,1-3H3/b22-20+/t21-/m1/s1. The number of carbonyl (C=O) groups excluding carboxylic acids is 2. The van der Waals surface area contributed by atoms with E-state index < -0.39 is 17.7 Å². The monoisotopic (exact) mass is 438 g/mol. The number of amides is 1. The van der Waals surface area contributed by atoms with Gasteiger partial charge in [0.25, 0.3) is 11.7 Å². The van der Waals surface area contributed by atoms with Gasteiger partial charge in [-0.05, 0) is 35.9 Å². The molecule has 8 heteroatoms. The Hall–Kier alpha value is -3.52. The van der Waals surface area contributed by atoms with Gasteiger partial charge in [-0.25, -0.2) is 0 Å². The number of ketones is 1. The molecule has 0 aliphatic carbocycles. The molecule has 0 saturated carbocycles. The molecule has 1 amide bonds. The van der Waals surface area contributed by atoms with Gasteiger partial charge in [-0.3, -0.25) is 9.59 Å². The van der Waals surface area contributed by atoms with Gasteiger partial charge in [-0.15, -0.1) is 0 Å². The second-order valence-electron chi connectivity index (χ2n) is 7.83. The summed E-state index contributed by atoms with van der Waals surface area (Å²) >= 11 is 0. The van der Waals surface area contributed by atoms with E-state index in [0.717, 1.165) is 11.3 Å². The lowest BCUT2D eigenvalue weighted by molar-refractivity contribution is -0.140. The Kier molecular flexibility index (Phi) is 6.05. The van der Waals surface area contributed by atoms with Crippen molar-refractivity contribution in [2.75, 3.05) is 52.5 Å². The fourth-order valence-corrected chi connectivity index (χ4v) is 3.95. The molecule has 2 aliphatic rings. The van der Waals surface area contributed by atoms with Gasteiger partial charge in [0, 0.05) is 39.0 Å². The van der Waals surface area contributed by atoms with Gasteiger partial charge in [0.1, 0.15) is 19.0 Å². The number of nitrogens with zero attached hydrogens (tertiary/aromatic N) is 2. The molecular weight excluding hydrogens is 412 g/mol. The highest BCUT2D eigenvalue weighted by Gasteiger charge is 2.46. The number of hydrogen-bond donors (Lipinski definition) is 1. The maximum atomic E-state index is 13.0. The van der Waals surface area contributed by atoms with E-state index in [1.807, 2.05) is 43.3 Å². The van der Waals surface area contributed by atoms with E-state index in [1.54, 1.807) is 18.2 Å². The molecule has 1 fully saturated rings. The molecule has 4 rings (SSSR count). The Labute approximate surface area is 186 Å². The maximum Gasteiger partial charge on any atom is 0.295 e. The molecule has 32 heavy (non-hydrogen) atoms. The Morgan fingerprint density at radius 3 is 2.44 bits per heavy atom. The highest BCUT2D eigenvalue weighted by atomic mass is 16.6. The largest absolute Gasteiger partial charge is 0.507 e. The quantitative estimate of drug-likeness (QED) is 0.421. The zero-order chi connectivity index (χ0) is 22.8. The van der Waals surface area contributed by atoms with Crippen molar-refractivity contribution >= 4 is 23.1 Å². The number of rotatable bonds is 6. The van der Waals surface area contributed by atoms with Gasteiger partial charge >= 0.3 is 0 Å². The molecule has 1 atom stereocenters. The lowest BCUT2D eigenvalue weighted by atomic mass is 9.95. The number of hydrogen-bond acceptors (Lipinski definition) is 7. The van der Waals surface area contributed by atoms with E-state index in [2.05, 4.69) is 0 Å². The van der Waals surface area contributed by atoms with Crippen molar-refractivity contribution in [3.8, 4) is 11.5 Å². The maximum absolute atomic E-state index is 13.0.